The van der Waals surface area contributed by atoms with Gasteiger partial charge in [0.1, 0.15) is 0 Å². The second-order valence-electron chi connectivity index (χ2n) is 3.81. The van der Waals surface area contributed by atoms with Crippen LogP contribution in [0.3, 0.4) is 0 Å². The lowest BCUT2D eigenvalue weighted by molar-refractivity contribution is 0.102. The Morgan fingerprint density at radius 1 is 1.16 bits per heavy atom. The van der Waals surface area contributed by atoms with Gasteiger partial charge in [-0.05, 0) is 52.3 Å². The number of benzene rings is 2. The number of nitrogen functional groups attached to an aromatic ring is 1. The Hall–Kier alpha value is -1.04. The lowest BCUT2D eigenvalue weighted by Crippen LogP contribution is -2.12. The van der Waals surface area contributed by atoms with E-state index in [1.54, 1.807) is 36.4 Å². The van der Waals surface area contributed by atoms with E-state index in [9.17, 15) is 4.79 Å². The number of nitrogens with two attached hydrogens (primary N) is 1. The smallest absolute Gasteiger partial charge is 0.255 e. The summed E-state index contributed by atoms with van der Waals surface area (Å²) in [5.41, 5.74) is 7.32. The largest absolute Gasteiger partial charge is 0.398 e. The minimum atomic E-state index is -0.245. The minimum Gasteiger partial charge on any atom is -0.398 e. The van der Waals surface area contributed by atoms with Gasteiger partial charge in [0, 0.05) is 20.2 Å². The molecule has 2 aromatic rings. The van der Waals surface area contributed by atoms with Crippen molar-refractivity contribution in [2.45, 2.75) is 0 Å². The molecule has 19 heavy (non-hydrogen) atoms. The van der Waals surface area contributed by atoms with E-state index < -0.39 is 0 Å². The van der Waals surface area contributed by atoms with Gasteiger partial charge in [0.2, 0.25) is 0 Å². The fourth-order valence-electron chi connectivity index (χ4n) is 1.45. The van der Waals surface area contributed by atoms with E-state index in [0.29, 0.717) is 26.4 Å². The van der Waals surface area contributed by atoms with E-state index in [4.69, 9.17) is 17.3 Å². The van der Waals surface area contributed by atoms with Crippen molar-refractivity contribution in [3.05, 3.63) is 55.9 Å². The van der Waals surface area contributed by atoms with Crippen LogP contribution in [0.1, 0.15) is 10.4 Å². The van der Waals surface area contributed by atoms with Crippen LogP contribution in [0, 0.1) is 0 Å². The van der Waals surface area contributed by atoms with Crippen molar-refractivity contribution >= 4 is 60.7 Å². The highest BCUT2D eigenvalue weighted by Gasteiger charge is 2.10. The van der Waals surface area contributed by atoms with Crippen LogP contribution in [-0.4, -0.2) is 5.91 Å². The second kappa shape index (κ2) is 5.94. The lowest BCUT2D eigenvalue weighted by atomic mass is 10.2. The number of carbonyl (C=O) groups excluding carboxylic acids is 1. The summed E-state index contributed by atoms with van der Waals surface area (Å²) in [4.78, 5) is 12.1. The molecular weight excluding hydrogens is 395 g/mol. The van der Waals surface area contributed by atoms with Crippen LogP contribution in [-0.2, 0) is 0 Å². The molecule has 98 valence electrons. The summed E-state index contributed by atoms with van der Waals surface area (Å²) in [6, 6.07) is 10.2. The first-order valence-corrected chi connectivity index (χ1v) is 7.25. The summed E-state index contributed by atoms with van der Waals surface area (Å²) in [6.45, 7) is 0. The maximum Gasteiger partial charge on any atom is 0.255 e. The van der Waals surface area contributed by atoms with Crippen LogP contribution in [0.2, 0.25) is 5.02 Å². The van der Waals surface area contributed by atoms with Crippen molar-refractivity contribution in [3.63, 3.8) is 0 Å². The summed E-state index contributed by atoms with van der Waals surface area (Å²) in [7, 11) is 0. The Labute approximate surface area is 132 Å². The van der Waals surface area contributed by atoms with Gasteiger partial charge in [0.25, 0.3) is 5.91 Å². The molecule has 0 heterocycles. The maximum atomic E-state index is 12.1. The SMILES string of the molecule is Nc1ccc(C(=O)Nc2ccc(Br)cc2Cl)cc1Br. The lowest BCUT2D eigenvalue weighted by Gasteiger charge is -2.08. The highest BCUT2D eigenvalue weighted by atomic mass is 79.9. The predicted octanol–water partition coefficient (Wildman–Crippen LogP) is 4.70. The molecule has 0 saturated heterocycles. The average molecular weight is 404 g/mol. The summed E-state index contributed by atoms with van der Waals surface area (Å²) in [5, 5.41) is 3.22. The third kappa shape index (κ3) is 3.49. The number of rotatable bonds is 2. The number of nitrogens with one attached hydrogen (secondary N) is 1. The minimum absolute atomic E-state index is 0.245. The molecule has 0 radical (unpaired) electrons. The first kappa shape index (κ1) is 14.4. The number of hydrogen-bond acceptors (Lipinski definition) is 2. The zero-order valence-electron chi connectivity index (χ0n) is 9.58. The highest BCUT2D eigenvalue weighted by Crippen LogP contribution is 2.27. The molecule has 0 atom stereocenters. The van der Waals surface area contributed by atoms with Crippen molar-refractivity contribution in [1.82, 2.24) is 0 Å². The molecule has 0 aliphatic carbocycles. The van der Waals surface area contributed by atoms with E-state index in [1.165, 1.54) is 0 Å². The number of halogens is 3. The Bertz CT molecular complexity index is 647. The van der Waals surface area contributed by atoms with E-state index in [1.807, 2.05) is 0 Å². The van der Waals surface area contributed by atoms with Gasteiger partial charge in [0.05, 0.1) is 10.7 Å². The van der Waals surface area contributed by atoms with Gasteiger partial charge >= 0.3 is 0 Å². The van der Waals surface area contributed by atoms with Crippen LogP contribution in [0.4, 0.5) is 11.4 Å². The first-order valence-electron chi connectivity index (χ1n) is 5.29. The van der Waals surface area contributed by atoms with Crippen LogP contribution in [0.25, 0.3) is 0 Å². The maximum absolute atomic E-state index is 12.1. The van der Waals surface area contributed by atoms with Gasteiger partial charge in [-0.15, -0.1) is 0 Å². The molecule has 2 aromatic carbocycles. The molecule has 2 rings (SSSR count). The number of anilines is 2. The first-order chi connectivity index (χ1) is 8.97. The summed E-state index contributed by atoms with van der Waals surface area (Å²) < 4.78 is 1.53. The van der Waals surface area contributed by atoms with Gasteiger partial charge in [0.15, 0.2) is 0 Å². The zero-order valence-corrected chi connectivity index (χ0v) is 13.5. The molecule has 0 aliphatic heterocycles. The number of amides is 1. The fraction of sp³-hybridized carbons (Fsp3) is 0. The van der Waals surface area contributed by atoms with Crippen LogP contribution in [0.15, 0.2) is 45.3 Å². The third-order valence-corrected chi connectivity index (χ3v) is 3.93. The van der Waals surface area contributed by atoms with Crippen molar-refractivity contribution in [3.8, 4) is 0 Å². The molecule has 0 bridgehead atoms. The van der Waals surface area contributed by atoms with Crippen LogP contribution >= 0.6 is 43.5 Å². The molecular formula is C13H9Br2ClN2O. The number of carbonyl (C=O) groups is 1. The van der Waals surface area contributed by atoms with E-state index in [-0.39, 0.29) is 5.91 Å². The summed E-state index contributed by atoms with van der Waals surface area (Å²) in [5.74, 6) is -0.245. The molecule has 1 amide bonds. The van der Waals surface area contributed by atoms with Gasteiger partial charge in [-0.1, -0.05) is 27.5 Å². The van der Waals surface area contributed by atoms with Crippen LogP contribution < -0.4 is 11.1 Å². The standard InChI is InChI=1S/C13H9Br2ClN2O/c14-8-2-4-12(10(16)6-8)18-13(19)7-1-3-11(17)9(15)5-7/h1-6H,17H2,(H,18,19). The normalized spacial score (nSPS) is 10.3. The number of hydrogen-bond donors (Lipinski definition) is 2. The van der Waals surface area contributed by atoms with Crippen LogP contribution in [0.5, 0.6) is 0 Å². The Morgan fingerprint density at radius 2 is 1.89 bits per heavy atom. The van der Waals surface area contributed by atoms with Gasteiger partial charge in [-0.2, -0.15) is 0 Å². The van der Waals surface area contributed by atoms with Gasteiger partial charge < -0.3 is 11.1 Å². The van der Waals surface area contributed by atoms with Crippen molar-refractivity contribution < 1.29 is 4.79 Å². The molecule has 0 aliphatic rings. The van der Waals surface area contributed by atoms with Gasteiger partial charge in [-0.25, -0.2) is 0 Å². The van der Waals surface area contributed by atoms with Crippen molar-refractivity contribution in [2.24, 2.45) is 0 Å². The van der Waals surface area contributed by atoms with E-state index >= 15 is 0 Å². The Morgan fingerprint density at radius 3 is 2.53 bits per heavy atom. The highest BCUT2D eigenvalue weighted by molar-refractivity contribution is 9.10. The Kier molecular flexibility index (Phi) is 4.50. The summed E-state index contributed by atoms with van der Waals surface area (Å²) >= 11 is 12.6. The van der Waals surface area contributed by atoms with E-state index in [0.717, 1.165) is 4.47 Å². The molecule has 0 unspecified atom stereocenters. The molecule has 3 N–H and O–H groups in total. The predicted molar refractivity (Wildman–Crippen MR) is 85.7 cm³/mol. The fourth-order valence-corrected chi connectivity index (χ4v) is 2.55. The molecule has 0 saturated carbocycles. The van der Waals surface area contributed by atoms with Crippen molar-refractivity contribution in [1.29, 1.82) is 0 Å². The Balaban J connectivity index is 2.23. The molecule has 0 aromatic heterocycles. The van der Waals surface area contributed by atoms with Gasteiger partial charge in [-0.3, -0.25) is 4.79 Å². The topological polar surface area (TPSA) is 55.1 Å². The van der Waals surface area contributed by atoms with E-state index in [2.05, 4.69) is 37.2 Å². The van der Waals surface area contributed by atoms with Crippen molar-refractivity contribution in [2.75, 3.05) is 11.1 Å². The molecule has 3 nitrogen and oxygen atoms in total. The average Bonchev–Trinajstić information content (AvgIpc) is 2.36. The monoisotopic (exact) mass is 402 g/mol. The zero-order chi connectivity index (χ0) is 14.0. The molecule has 0 fully saturated rings. The second-order valence-corrected chi connectivity index (χ2v) is 5.99. The third-order valence-electron chi connectivity index (χ3n) is 2.44. The summed E-state index contributed by atoms with van der Waals surface area (Å²) in [6.07, 6.45) is 0. The quantitative estimate of drug-likeness (QED) is 0.713. The molecule has 0 spiro atoms. The molecule has 6 heteroatoms.